The average Bonchev–Trinajstić information content (AvgIpc) is 2.55. The van der Waals surface area contributed by atoms with Gasteiger partial charge in [0, 0.05) is 18.9 Å². The molecule has 0 radical (unpaired) electrons. The summed E-state index contributed by atoms with van der Waals surface area (Å²) in [6.45, 7) is 7.59. The van der Waals surface area contributed by atoms with Gasteiger partial charge in [-0.15, -0.1) is 5.06 Å². The van der Waals surface area contributed by atoms with Crippen LogP contribution in [0.15, 0.2) is 30.3 Å². The van der Waals surface area contributed by atoms with E-state index in [0.29, 0.717) is 6.54 Å². The van der Waals surface area contributed by atoms with Gasteiger partial charge in [0.05, 0.1) is 17.9 Å². The number of ketones is 2. The Morgan fingerprint density at radius 3 is 2.42 bits per heavy atom. The van der Waals surface area contributed by atoms with E-state index in [1.807, 2.05) is 37.3 Å². The molecular weight excluding hydrogens is 306 g/mol. The maximum absolute atomic E-state index is 12.7. The molecule has 1 aliphatic rings. The van der Waals surface area contributed by atoms with Crippen molar-refractivity contribution in [3.05, 3.63) is 35.9 Å². The van der Waals surface area contributed by atoms with Crippen LogP contribution in [0.4, 0.5) is 0 Å². The van der Waals surface area contributed by atoms with Gasteiger partial charge in [0.1, 0.15) is 5.78 Å². The third-order valence-corrected chi connectivity index (χ3v) is 4.28. The predicted molar refractivity (Wildman–Crippen MR) is 90.1 cm³/mol. The number of Topliss-reactive ketones (excluding diaryl/α,β-unsaturated/α-hetero) is 2. The zero-order valence-electron chi connectivity index (χ0n) is 14.7. The van der Waals surface area contributed by atoms with E-state index in [-0.39, 0.29) is 36.4 Å². The largest absolute Gasteiger partial charge is 0.367 e. The van der Waals surface area contributed by atoms with Crippen LogP contribution in [0.25, 0.3) is 0 Å². The minimum absolute atomic E-state index is 0.0779. The first-order valence-electron chi connectivity index (χ1n) is 8.29. The molecule has 0 spiro atoms. The number of hydroxylamine groups is 2. The second-order valence-corrected chi connectivity index (χ2v) is 7.32. The van der Waals surface area contributed by atoms with Crippen LogP contribution in [-0.4, -0.2) is 35.7 Å². The molecule has 5 nitrogen and oxygen atoms in total. The topological polar surface area (TPSA) is 63.7 Å². The minimum atomic E-state index is -0.748. The quantitative estimate of drug-likeness (QED) is 0.794. The third-order valence-electron chi connectivity index (χ3n) is 4.28. The molecule has 1 saturated heterocycles. The zero-order chi connectivity index (χ0) is 17.9. The van der Waals surface area contributed by atoms with Gasteiger partial charge in [0.15, 0.2) is 5.78 Å². The summed E-state index contributed by atoms with van der Waals surface area (Å²) in [5, 5.41) is 1.45. The fraction of sp³-hybridized carbons (Fsp3) is 0.526. The highest BCUT2D eigenvalue weighted by molar-refractivity contribution is 6.05. The fourth-order valence-electron chi connectivity index (χ4n) is 2.60. The first-order valence-corrected chi connectivity index (χ1v) is 8.29. The summed E-state index contributed by atoms with van der Waals surface area (Å²) >= 11 is 0. The van der Waals surface area contributed by atoms with Crippen molar-refractivity contribution < 1.29 is 19.2 Å². The summed E-state index contributed by atoms with van der Waals surface area (Å²) in [7, 11) is 0. The molecule has 0 amide bonds. The first kappa shape index (κ1) is 18.3. The maximum atomic E-state index is 12.7. The van der Waals surface area contributed by atoms with E-state index >= 15 is 0 Å². The van der Waals surface area contributed by atoms with Gasteiger partial charge in [-0.3, -0.25) is 9.59 Å². The van der Waals surface area contributed by atoms with Crippen LogP contribution in [-0.2, 0) is 19.2 Å². The Morgan fingerprint density at radius 2 is 1.83 bits per heavy atom. The molecule has 0 bridgehead atoms. The summed E-state index contributed by atoms with van der Waals surface area (Å²) < 4.78 is 0. The van der Waals surface area contributed by atoms with E-state index < -0.39 is 11.3 Å². The molecule has 1 aromatic rings. The number of carbonyl (C=O) groups is 3. The lowest BCUT2D eigenvalue weighted by Crippen LogP contribution is -2.47. The molecule has 2 rings (SSSR count). The van der Waals surface area contributed by atoms with Gasteiger partial charge in [-0.25, -0.2) is 4.79 Å². The van der Waals surface area contributed by atoms with Gasteiger partial charge >= 0.3 is 5.97 Å². The summed E-state index contributed by atoms with van der Waals surface area (Å²) in [6, 6.07) is 9.40. The molecule has 0 aliphatic carbocycles. The Kier molecular flexibility index (Phi) is 5.54. The van der Waals surface area contributed by atoms with Crippen LogP contribution in [0.5, 0.6) is 0 Å². The number of piperidine rings is 1. The van der Waals surface area contributed by atoms with Crippen LogP contribution < -0.4 is 0 Å². The molecule has 1 fully saturated rings. The Hall–Kier alpha value is -2.01. The molecule has 1 aliphatic heterocycles. The van der Waals surface area contributed by atoms with Crippen molar-refractivity contribution in [3.8, 4) is 0 Å². The lowest BCUT2D eigenvalue weighted by atomic mass is 9.84. The minimum Gasteiger partial charge on any atom is -0.367 e. The van der Waals surface area contributed by atoms with Crippen molar-refractivity contribution in [2.75, 3.05) is 13.1 Å². The molecule has 1 aromatic carbocycles. The summed E-state index contributed by atoms with van der Waals surface area (Å²) in [5.41, 5.74) is 0.261. The van der Waals surface area contributed by atoms with Crippen molar-refractivity contribution in [1.29, 1.82) is 0 Å². The molecular formula is C19H25NO4. The smallest absolute Gasteiger partial charge is 0.330 e. The highest BCUT2D eigenvalue weighted by Gasteiger charge is 2.37. The van der Waals surface area contributed by atoms with Crippen LogP contribution >= 0.6 is 0 Å². The Labute approximate surface area is 142 Å². The van der Waals surface area contributed by atoms with Gasteiger partial charge in [-0.1, -0.05) is 37.3 Å². The Morgan fingerprint density at radius 1 is 1.21 bits per heavy atom. The van der Waals surface area contributed by atoms with E-state index in [2.05, 4.69) is 0 Å². The monoisotopic (exact) mass is 331 g/mol. The highest BCUT2D eigenvalue weighted by atomic mass is 16.7. The normalized spacial score (nSPS) is 20.5. The lowest BCUT2D eigenvalue weighted by molar-refractivity contribution is -0.207. The SMILES string of the molecule is CC(C(=O)C1CN(OC(=O)C(C)(C)C)CCC1=O)c1ccccc1. The van der Waals surface area contributed by atoms with Gasteiger partial charge in [0.25, 0.3) is 0 Å². The first-order chi connectivity index (χ1) is 11.2. The second kappa shape index (κ2) is 7.26. The van der Waals surface area contributed by atoms with Crippen molar-refractivity contribution in [2.45, 2.75) is 40.0 Å². The fourth-order valence-corrected chi connectivity index (χ4v) is 2.60. The highest BCUT2D eigenvalue weighted by Crippen LogP contribution is 2.25. The molecule has 1 heterocycles. The number of carbonyl (C=O) groups excluding carboxylic acids is 3. The summed E-state index contributed by atoms with van der Waals surface area (Å²) in [6.07, 6.45) is 0.218. The van der Waals surface area contributed by atoms with Crippen molar-refractivity contribution >= 4 is 17.5 Å². The van der Waals surface area contributed by atoms with Crippen molar-refractivity contribution in [1.82, 2.24) is 5.06 Å². The van der Waals surface area contributed by atoms with Crippen molar-refractivity contribution in [3.63, 3.8) is 0 Å². The second-order valence-electron chi connectivity index (χ2n) is 7.32. The van der Waals surface area contributed by atoms with Crippen LogP contribution in [0, 0.1) is 11.3 Å². The van der Waals surface area contributed by atoms with Gasteiger partial charge in [-0.2, -0.15) is 0 Å². The molecule has 2 unspecified atom stereocenters. The predicted octanol–water partition coefficient (Wildman–Crippen LogP) is 2.75. The van der Waals surface area contributed by atoms with E-state index in [1.54, 1.807) is 20.8 Å². The number of hydrogen-bond acceptors (Lipinski definition) is 5. The molecule has 0 N–H and O–H groups in total. The van der Waals surface area contributed by atoms with E-state index in [4.69, 9.17) is 4.84 Å². The summed E-state index contributed by atoms with van der Waals surface area (Å²) in [5.74, 6) is -1.67. The Bertz CT molecular complexity index is 618. The number of hydrogen-bond donors (Lipinski definition) is 0. The van der Waals surface area contributed by atoms with Gasteiger partial charge in [0.2, 0.25) is 0 Å². The molecule has 0 aromatic heterocycles. The number of nitrogens with zero attached hydrogens (tertiary/aromatic N) is 1. The maximum Gasteiger partial charge on any atom is 0.330 e. The Balaban J connectivity index is 2.07. The lowest BCUT2D eigenvalue weighted by Gasteiger charge is -2.32. The van der Waals surface area contributed by atoms with Crippen LogP contribution in [0.3, 0.4) is 0 Å². The molecule has 2 atom stereocenters. The van der Waals surface area contributed by atoms with E-state index in [1.165, 1.54) is 5.06 Å². The van der Waals surface area contributed by atoms with E-state index in [9.17, 15) is 14.4 Å². The molecule has 24 heavy (non-hydrogen) atoms. The number of rotatable bonds is 4. The molecule has 130 valence electrons. The standard InChI is InChI=1S/C19H25NO4/c1-13(14-8-6-5-7-9-14)17(22)15-12-20(11-10-16(15)21)24-18(23)19(2,3)4/h5-9,13,15H,10-12H2,1-4H3. The van der Waals surface area contributed by atoms with Crippen LogP contribution in [0.1, 0.15) is 45.6 Å². The summed E-state index contributed by atoms with van der Waals surface area (Å²) in [4.78, 5) is 42.3. The van der Waals surface area contributed by atoms with Gasteiger partial charge < -0.3 is 4.84 Å². The third kappa shape index (κ3) is 4.29. The van der Waals surface area contributed by atoms with Gasteiger partial charge in [-0.05, 0) is 26.3 Å². The van der Waals surface area contributed by atoms with Crippen molar-refractivity contribution in [2.24, 2.45) is 11.3 Å². The van der Waals surface area contributed by atoms with Crippen LogP contribution in [0.2, 0.25) is 0 Å². The molecule has 0 saturated carbocycles. The number of benzene rings is 1. The molecule has 5 heteroatoms. The zero-order valence-corrected chi connectivity index (χ0v) is 14.7. The average molecular weight is 331 g/mol. The van der Waals surface area contributed by atoms with E-state index in [0.717, 1.165) is 5.56 Å².